The lowest BCUT2D eigenvalue weighted by Crippen LogP contribution is -2.35. The molecule has 0 spiro atoms. The van der Waals surface area contributed by atoms with Gasteiger partial charge in [0.1, 0.15) is 11.5 Å². The lowest BCUT2D eigenvalue weighted by Gasteiger charge is -2.28. The van der Waals surface area contributed by atoms with Gasteiger partial charge in [-0.1, -0.05) is 77.8 Å². The van der Waals surface area contributed by atoms with Crippen LogP contribution in [0.1, 0.15) is 22.7 Å². The molecule has 0 fully saturated rings. The van der Waals surface area contributed by atoms with E-state index in [1.54, 1.807) is 18.2 Å². The third kappa shape index (κ3) is 3.53. The van der Waals surface area contributed by atoms with Crippen molar-refractivity contribution in [3.63, 3.8) is 0 Å². The van der Waals surface area contributed by atoms with Crippen LogP contribution in [-0.2, 0) is 16.6 Å². The van der Waals surface area contributed by atoms with Crippen LogP contribution in [0.5, 0.6) is 5.75 Å². The minimum absolute atomic E-state index is 0.102. The molecule has 0 amide bonds. The molecule has 0 aliphatic carbocycles. The number of fused-ring (bicyclic) bond motifs is 1. The Hall–Kier alpha value is -2.34. The van der Waals surface area contributed by atoms with Crippen LogP contribution in [0.2, 0.25) is 5.02 Å². The summed E-state index contributed by atoms with van der Waals surface area (Å²) in [6.45, 7) is 2.44. The highest BCUT2D eigenvalue weighted by Gasteiger charge is 2.38. The third-order valence-corrected chi connectivity index (χ3v) is 7.07. The monoisotopic (exact) mass is 413 g/mol. The molecule has 0 saturated carbocycles. The highest BCUT2D eigenvalue weighted by atomic mass is 35.5. The number of halogens is 1. The van der Waals surface area contributed by atoms with Crippen LogP contribution in [0.25, 0.3) is 0 Å². The van der Waals surface area contributed by atoms with Crippen molar-refractivity contribution >= 4 is 21.6 Å². The van der Waals surface area contributed by atoms with E-state index < -0.39 is 16.1 Å². The van der Waals surface area contributed by atoms with E-state index in [0.717, 1.165) is 16.7 Å². The maximum absolute atomic E-state index is 13.6. The van der Waals surface area contributed by atoms with Gasteiger partial charge in [-0.2, -0.15) is 4.31 Å². The smallest absolute Gasteiger partial charge is 0.247 e. The molecule has 1 atom stereocenters. The van der Waals surface area contributed by atoms with Crippen molar-refractivity contribution in [3.8, 4) is 5.75 Å². The second-order valence-electron chi connectivity index (χ2n) is 6.84. The Morgan fingerprint density at radius 3 is 2.43 bits per heavy atom. The number of sulfonamides is 1. The summed E-state index contributed by atoms with van der Waals surface area (Å²) in [5.41, 5.74) is 2.92. The quantitative estimate of drug-likeness (QED) is 0.608. The van der Waals surface area contributed by atoms with Gasteiger partial charge < -0.3 is 4.74 Å². The van der Waals surface area contributed by atoms with Crippen LogP contribution in [0.15, 0.2) is 77.7 Å². The molecule has 0 unspecified atom stereocenters. The van der Waals surface area contributed by atoms with Crippen molar-refractivity contribution in [2.45, 2.75) is 24.4 Å². The molecule has 0 radical (unpaired) electrons. The van der Waals surface area contributed by atoms with Gasteiger partial charge in [0.05, 0.1) is 11.1 Å². The van der Waals surface area contributed by atoms with Gasteiger partial charge in [0.25, 0.3) is 0 Å². The molecule has 0 N–H and O–H groups in total. The van der Waals surface area contributed by atoms with Gasteiger partial charge in [-0.05, 0) is 30.2 Å². The number of para-hydroxylation sites is 1. The molecule has 1 heterocycles. The van der Waals surface area contributed by atoms with E-state index in [9.17, 15) is 8.42 Å². The van der Waals surface area contributed by atoms with E-state index in [1.807, 2.05) is 61.5 Å². The zero-order valence-corrected chi connectivity index (χ0v) is 17.0. The van der Waals surface area contributed by atoms with Crippen molar-refractivity contribution in [1.82, 2.24) is 4.31 Å². The summed E-state index contributed by atoms with van der Waals surface area (Å²) < 4.78 is 34.7. The molecule has 4 nitrogen and oxygen atoms in total. The topological polar surface area (TPSA) is 46.6 Å². The standard InChI is InChI=1S/C22H20ClNO3S/c1-16-10-12-17(13-11-16)14-24-20(18-6-3-2-4-7-18)15-27-22-19(23)8-5-9-21(22)28(24,25)26/h2-13,20H,14-15H2,1H3/t20-/m1/s1. The summed E-state index contributed by atoms with van der Waals surface area (Å²) in [5.74, 6) is 0.219. The van der Waals surface area contributed by atoms with Crippen LogP contribution in [-0.4, -0.2) is 19.3 Å². The van der Waals surface area contributed by atoms with Gasteiger partial charge in [-0.25, -0.2) is 8.42 Å². The number of ether oxygens (including phenoxy) is 1. The predicted octanol–water partition coefficient (Wildman–Crippen LogP) is 4.97. The van der Waals surface area contributed by atoms with Crippen molar-refractivity contribution in [3.05, 3.63) is 94.5 Å². The molecule has 144 valence electrons. The summed E-state index contributed by atoms with van der Waals surface area (Å²) in [6.07, 6.45) is 0. The summed E-state index contributed by atoms with van der Waals surface area (Å²) in [7, 11) is -3.82. The fourth-order valence-electron chi connectivity index (χ4n) is 3.38. The number of benzene rings is 3. The zero-order chi connectivity index (χ0) is 19.7. The van der Waals surface area contributed by atoms with Crippen molar-refractivity contribution in [1.29, 1.82) is 0 Å². The zero-order valence-electron chi connectivity index (χ0n) is 15.4. The summed E-state index contributed by atoms with van der Waals surface area (Å²) >= 11 is 6.25. The molecule has 1 aliphatic heterocycles. The lowest BCUT2D eigenvalue weighted by molar-refractivity contribution is 0.210. The first-order chi connectivity index (χ1) is 13.5. The molecular formula is C22H20ClNO3S. The highest BCUT2D eigenvalue weighted by molar-refractivity contribution is 7.89. The number of rotatable bonds is 3. The van der Waals surface area contributed by atoms with Gasteiger partial charge in [0.2, 0.25) is 10.0 Å². The molecule has 3 aromatic rings. The Labute approximate surface area is 170 Å². The first kappa shape index (κ1) is 19.0. The average Bonchev–Trinajstić information content (AvgIpc) is 2.80. The fraction of sp³-hybridized carbons (Fsp3) is 0.182. The number of nitrogens with zero attached hydrogens (tertiary/aromatic N) is 1. The number of hydrogen-bond acceptors (Lipinski definition) is 3. The molecule has 0 saturated heterocycles. The van der Waals surface area contributed by atoms with Crippen molar-refractivity contribution in [2.24, 2.45) is 0 Å². The van der Waals surface area contributed by atoms with Gasteiger partial charge >= 0.3 is 0 Å². The van der Waals surface area contributed by atoms with Crippen LogP contribution < -0.4 is 4.74 Å². The normalized spacial score (nSPS) is 18.7. The summed E-state index contributed by atoms with van der Waals surface area (Å²) in [5, 5.41) is 0.296. The van der Waals surface area contributed by atoms with Gasteiger partial charge in [-0.3, -0.25) is 0 Å². The van der Waals surface area contributed by atoms with E-state index in [2.05, 4.69) is 0 Å². The first-order valence-electron chi connectivity index (χ1n) is 9.00. The molecular weight excluding hydrogens is 394 g/mol. The molecule has 1 aliphatic rings. The molecule has 28 heavy (non-hydrogen) atoms. The first-order valence-corrected chi connectivity index (χ1v) is 10.8. The third-order valence-electron chi connectivity index (χ3n) is 4.89. The Balaban J connectivity index is 1.85. The predicted molar refractivity (Wildman–Crippen MR) is 110 cm³/mol. The highest BCUT2D eigenvalue weighted by Crippen LogP contribution is 2.41. The Morgan fingerprint density at radius 1 is 1.00 bits per heavy atom. The minimum Gasteiger partial charge on any atom is -0.489 e. The fourth-order valence-corrected chi connectivity index (χ4v) is 5.41. The van der Waals surface area contributed by atoms with Crippen LogP contribution in [0.3, 0.4) is 0 Å². The van der Waals surface area contributed by atoms with Crippen LogP contribution in [0.4, 0.5) is 0 Å². The van der Waals surface area contributed by atoms with Gasteiger partial charge in [0, 0.05) is 6.54 Å². The maximum atomic E-state index is 13.6. The van der Waals surface area contributed by atoms with E-state index in [1.165, 1.54) is 4.31 Å². The number of aryl methyl sites for hydroxylation is 1. The molecule has 0 aromatic heterocycles. The second kappa shape index (κ2) is 7.59. The largest absolute Gasteiger partial charge is 0.489 e. The second-order valence-corrected chi connectivity index (χ2v) is 9.11. The van der Waals surface area contributed by atoms with Crippen molar-refractivity contribution < 1.29 is 13.2 Å². The molecule has 3 aromatic carbocycles. The van der Waals surface area contributed by atoms with E-state index in [0.29, 0.717) is 5.02 Å². The van der Waals surface area contributed by atoms with E-state index in [-0.39, 0.29) is 23.8 Å². The van der Waals surface area contributed by atoms with Crippen LogP contribution >= 0.6 is 11.6 Å². The molecule has 6 heteroatoms. The number of hydrogen-bond donors (Lipinski definition) is 0. The minimum atomic E-state index is -3.82. The SMILES string of the molecule is Cc1ccc(CN2[C@@H](c3ccccc3)COc3c(Cl)cccc3S2(=O)=O)cc1. The van der Waals surface area contributed by atoms with Crippen molar-refractivity contribution in [2.75, 3.05) is 6.61 Å². The van der Waals surface area contributed by atoms with E-state index in [4.69, 9.17) is 16.3 Å². The lowest BCUT2D eigenvalue weighted by atomic mass is 10.1. The van der Waals surface area contributed by atoms with E-state index >= 15 is 0 Å². The maximum Gasteiger partial charge on any atom is 0.247 e. The molecule has 0 bridgehead atoms. The molecule has 4 rings (SSSR count). The Bertz CT molecular complexity index is 1080. The van der Waals surface area contributed by atoms with Crippen LogP contribution in [0, 0.1) is 6.92 Å². The van der Waals surface area contributed by atoms with Gasteiger partial charge in [0.15, 0.2) is 5.75 Å². The summed E-state index contributed by atoms with van der Waals surface area (Å²) in [4.78, 5) is 0.102. The average molecular weight is 414 g/mol. The van der Waals surface area contributed by atoms with Gasteiger partial charge in [-0.15, -0.1) is 0 Å². The summed E-state index contributed by atoms with van der Waals surface area (Å²) in [6, 6.07) is 21.8. The Morgan fingerprint density at radius 2 is 1.71 bits per heavy atom. The Kier molecular flexibility index (Phi) is 5.15.